The smallest absolute Gasteiger partial charge is 0.185 e. The monoisotopic (exact) mass is 286 g/mol. The number of allylic oxidation sites excluding steroid dienone is 6. The summed E-state index contributed by atoms with van der Waals surface area (Å²) in [6.07, 6.45) is 11.3. The van der Waals surface area contributed by atoms with E-state index in [4.69, 9.17) is 0 Å². The van der Waals surface area contributed by atoms with Crippen molar-refractivity contribution in [2.45, 2.75) is 11.8 Å². The van der Waals surface area contributed by atoms with E-state index in [1.54, 1.807) is 18.2 Å². The molecule has 0 spiro atoms. The molecule has 4 heteroatoms. The molecule has 0 heterocycles. The van der Waals surface area contributed by atoms with Gasteiger partial charge in [-0.15, -0.1) is 12.6 Å². The first-order valence-corrected chi connectivity index (χ1v) is 6.36. The molecule has 0 atom stereocenters. The highest BCUT2D eigenvalue weighted by atomic mass is 32.1. The lowest BCUT2D eigenvalue weighted by Crippen LogP contribution is -2.00. The van der Waals surface area contributed by atoms with Crippen LogP contribution in [0, 0.1) is 0 Å². The van der Waals surface area contributed by atoms with Gasteiger partial charge in [-0.25, -0.2) is 0 Å². The van der Waals surface area contributed by atoms with Crippen LogP contribution in [-0.4, -0.2) is 18.4 Å². The Morgan fingerprint density at radius 2 is 1.55 bits per heavy atom. The maximum Gasteiger partial charge on any atom is 0.185 e. The van der Waals surface area contributed by atoms with Crippen LogP contribution in [0.15, 0.2) is 53.5 Å². The molecule has 102 valence electrons. The molecule has 0 aliphatic heterocycles. The van der Waals surface area contributed by atoms with Gasteiger partial charge in [0.25, 0.3) is 0 Å². The molecule has 1 aromatic carbocycles. The first kappa shape index (κ1) is 15.9. The number of hydrogen-bond acceptors (Lipinski definition) is 4. The molecule has 1 rings (SSSR count). The van der Waals surface area contributed by atoms with Crippen LogP contribution in [0.25, 0.3) is 0 Å². The second kappa shape index (κ2) is 8.07. The zero-order chi connectivity index (χ0) is 15.0. The van der Waals surface area contributed by atoms with Crippen LogP contribution in [0.1, 0.15) is 38.0 Å². The summed E-state index contributed by atoms with van der Waals surface area (Å²) in [5.74, 6) is -0.283. The number of carbonyl (C=O) groups is 3. The predicted octanol–water partition coefficient (Wildman–Crippen LogP) is 3.47. The first-order chi connectivity index (χ1) is 9.63. The summed E-state index contributed by atoms with van der Waals surface area (Å²) < 4.78 is 0. The van der Waals surface area contributed by atoms with Gasteiger partial charge >= 0.3 is 0 Å². The van der Waals surface area contributed by atoms with E-state index in [2.05, 4.69) is 12.6 Å². The molecule has 0 amide bonds. The maximum atomic E-state index is 11.9. The van der Waals surface area contributed by atoms with Crippen molar-refractivity contribution < 1.29 is 14.4 Å². The first-order valence-electron chi connectivity index (χ1n) is 5.91. The van der Waals surface area contributed by atoms with Crippen LogP contribution < -0.4 is 0 Å². The molecule has 0 saturated carbocycles. The van der Waals surface area contributed by atoms with Crippen LogP contribution in [0.2, 0.25) is 0 Å². The largest absolute Gasteiger partial charge is 0.298 e. The third-order valence-corrected chi connectivity index (χ3v) is 3.00. The standard InChI is InChI=1S/C16H14O3S/c1-2-3-4-5-6-7-15(19)12-8-13(10-17)16(20)14(9-12)11-18/h2-11,20H,1H3/b3-2+,5-4+,7-6+. The zero-order valence-electron chi connectivity index (χ0n) is 10.9. The van der Waals surface area contributed by atoms with Gasteiger partial charge in [0.2, 0.25) is 0 Å². The van der Waals surface area contributed by atoms with Gasteiger partial charge in [-0.05, 0) is 25.1 Å². The van der Waals surface area contributed by atoms with E-state index in [0.717, 1.165) is 0 Å². The molecule has 0 saturated heterocycles. The van der Waals surface area contributed by atoms with Crippen molar-refractivity contribution in [1.82, 2.24) is 0 Å². The molecule has 0 N–H and O–H groups in total. The maximum absolute atomic E-state index is 11.9. The number of carbonyl (C=O) groups excluding carboxylic acids is 3. The van der Waals surface area contributed by atoms with E-state index in [1.807, 2.05) is 19.1 Å². The Kier molecular flexibility index (Phi) is 6.40. The lowest BCUT2D eigenvalue weighted by atomic mass is 10.0. The van der Waals surface area contributed by atoms with Crippen LogP contribution >= 0.6 is 12.6 Å². The number of aldehydes is 2. The predicted molar refractivity (Wildman–Crippen MR) is 81.9 cm³/mol. The highest BCUT2D eigenvalue weighted by Crippen LogP contribution is 2.19. The molecule has 1 aromatic rings. The van der Waals surface area contributed by atoms with Crippen molar-refractivity contribution in [3.05, 3.63) is 65.3 Å². The average Bonchev–Trinajstić information content (AvgIpc) is 2.47. The summed E-state index contributed by atoms with van der Waals surface area (Å²) in [5, 5.41) is 0. The van der Waals surface area contributed by atoms with Crippen LogP contribution in [0.4, 0.5) is 0 Å². The molecule has 0 bridgehead atoms. The molecule has 0 fully saturated rings. The molecule has 3 nitrogen and oxygen atoms in total. The molecule has 0 radical (unpaired) electrons. The molecule has 0 unspecified atom stereocenters. The fourth-order valence-corrected chi connectivity index (χ4v) is 1.72. The fourth-order valence-electron chi connectivity index (χ4n) is 1.48. The minimum Gasteiger partial charge on any atom is -0.298 e. The Bertz CT molecular complexity index is 581. The van der Waals surface area contributed by atoms with Crippen molar-refractivity contribution in [3.63, 3.8) is 0 Å². The van der Waals surface area contributed by atoms with Crippen LogP contribution in [-0.2, 0) is 0 Å². The molecule has 20 heavy (non-hydrogen) atoms. The minimum atomic E-state index is -0.283. The Morgan fingerprint density at radius 3 is 2.05 bits per heavy atom. The lowest BCUT2D eigenvalue weighted by molar-refractivity contribution is 0.104. The van der Waals surface area contributed by atoms with Crippen LogP contribution in [0.3, 0.4) is 0 Å². The van der Waals surface area contributed by atoms with Crippen molar-refractivity contribution in [3.8, 4) is 0 Å². The SMILES string of the molecule is C/C=C/C=C/C=C/C(=O)c1cc(C=O)c(S)c(C=O)c1. The Hall–Kier alpha value is -2.20. The summed E-state index contributed by atoms with van der Waals surface area (Å²) in [6, 6.07) is 2.84. The van der Waals surface area contributed by atoms with E-state index in [-0.39, 0.29) is 27.4 Å². The van der Waals surface area contributed by atoms with E-state index >= 15 is 0 Å². The normalized spacial score (nSPS) is 11.5. The molecule has 0 aliphatic carbocycles. The van der Waals surface area contributed by atoms with E-state index in [0.29, 0.717) is 12.6 Å². The number of hydrogen-bond donors (Lipinski definition) is 1. The highest BCUT2D eigenvalue weighted by Gasteiger charge is 2.10. The lowest BCUT2D eigenvalue weighted by Gasteiger charge is -2.04. The molecule has 0 aliphatic rings. The Balaban J connectivity index is 3.04. The van der Waals surface area contributed by atoms with Crippen molar-refractivity contribution in [1.29, 1.82) is 0 Å². The van der Waals surface area contributed by atoms with Crippen molar-refractivity contribution in [2.24, 2.45) is 0 Å². The summed E-state index contributed by atoms with van der Waals surface area (Å²) >= 11 is 4.09. The summed E-state index contributed by atoms with van der Waals surface area (Å²) in [6.45, 7) is 1.89. The summed E-state index contributed by atoms with van der Waals surface area (Å²) in [5.41, 5.74) is 0.723. The third kappa shape index (κ3) is 4.17. The number of rotatable bonds is 6. The van der Waals surface area contributed by atoms with Gasteiger partial charge in [0.05, 0.1) is 0 Å². The van der Waals surface area contributed by atoms with Gasteiger partial charge in [-0.1, -0.05) is 30.4 Å². The minimum absolute atomic E-state index is 0.221. The fraction of sp³-hybridized carbons (Fsp3) is 0.0625. The van der Waals surface area contributed by atoms with Gasteiger partial charge in [0, 0.05) is 21.6 Å². The second-order valence-corrected chi connectivity index (χ2v) is 4.32. The quantitative estimate of drug-likeness (QED) is 0.286. The molecular formula is C16H14O3S. The van der Waals surface area contributed by atoms with Gasteiger partial charge in [0.15, 0.2) is 18.4 Å². The molecular weight excluding hydrogens is 272 g/mol. The number of thiol groups is 1. The average molecular weight is 286 g/mol. The Labute approximate surface area is 123 Å². The van der Waals surface area contributed by atoms with Crippen molar-refractivity contribution in [2.75, 3.05) is 0 Å². The Morgan fingerprint density at radius 1 is 1.00 bits per heavy atom. The van der Waals surface area contributed by atoms with E-state index in [1.165, 1.54) is 18.2 Å². The third-order valence-electron chi connectivity index (χ3n) is 2.48. The van der Waals surface area contributed by atoms with Gasteiger partial charge in [0.1, 0.15) is 0 Å². The number of ketones is 1. The van der Waals surface area contributed by atoms with E-state index in [9.17, 15) is 14.4 Å². The van der Waals surface area contributed by atoms with Gasteiger partial charge in [-0.3, -0.25) is 14.4 Å². The zero-order valence-corrected chi connectivity index (χ0v) is 11.8. The van der Waals surface area contributed by atoms with Crippen LogP contribution in [0.5, 0.6) is 0 Å². The molecule has 0 aromatic heterocycles. The number of benzene rings is 1. The van der Waals surface area contributed by atoms with E-state index < -0.39 is 0 Å². The topological polar surface area (TPSA) is 51.2 Å². The van der Waals surface area contributed by atoms with Crippen molar-refractivity contribution >= 4 is 31.0 Å². The van der Waals surface area contributed by atoms with Gasteiger partial charge < -0.3 is 0 Å². The van der Waals surface area contributed by atoms with Gasteiger partial charge in [-0.2, -0.15) is 0 Å². The summed E-state index contributed by atoms with van der Waals surface area (Å²) in [4.78, 5) is 34.0. The second-order valence-electron chi connectivity index (χ2n) is 3.87. The summed E-state index contributed by atoms with van der Waals surface area (Å²) in [7, 11) is 0. The highest BCUT2D eigenvalue weighted by molar-refractivity contribution is 7.80.